The van der Waals surface area contributed by atoms with E-state index < -0.39 is 12.1 Å². The van der Waals surface area contributed by atoms with E-state index in [1.807, 2.05) is 84.9 Å². The summed E-state index contributed by atoms with van der Waals surface area (Å²) in [6.45, 7) is 0. The number of hydrogen-bond acceptors (Lipinski definition) is 8. The third kappa shape index (κ3) is 6.25. The number of esters is 2. The predicted octanol–water partition coefficient (Wildman–Crippen LogP) is 5.98. The quantitative estimate of drug-likeness (QED) is 0.142. The maximum Gasteiger partial charge on any atom is 0.329 e. The summed E-state index contributed by atoms with van der Waals surface area (Å²) < 4.78 is 10.1. The molecule has 8 heteroatoms. The van der Waals surface area contributed by atoms with Crippen molar-refractivity contribution in [2.45, 2.75) is 12.1 Å². The van der Waals surface area contributed by atoms with E-state index in [9.17, 15) is 9.59 Å². The number of methoxy groups -OCH3 is 2. The van der Waals surface area contributed by atoms with Gasteiger partial charge in [-0.15, -0.1) is 0 Å². The van der Waals surface area contributed by atoms with Crippen molar-refractivity contribution in [3.63, 3.8) is 0 Å². The van der Waals surface area contributed by atoms with E-state index in [0.29, 0.717) is 11.5 Å². The summed E-state index contributed by atoms with van der Waals surface area (Å²) in [5, 5.41) is 10.9. The molecule has 2 atom stereocenters. The van der Waals surface area contributed by atoms with E-state index in [1.54, 1.807) is 0 Å². The first-order chi connectivity index (χ1) is 17.6. The van der Waals surface area contributed by atoms with Gasteiger partial charge in [0.2, 0.25) is 0 Å². The van der Waals surface area contributed by atoms with Gasteiger partial charge in [-0.05, 0) is 22.9 Å². The average molecular weight is 521 g/mol. The van der Waals surface area contributed by atoms with Gasteiger partial charge in [-0.3, -0.25) is 0 Å². The summed E-state index contributed by atoms with van der Waals surface area (Å²) in [6.07, 6.45) is 0. The summed E-state index contributed by atoms with van der Waals surface area (Å²) >= 11 is 0. The molecule has 0 spiro atoms. The lowest BCUT2D eigenvalue weighted by Gasteiger charge is -2.20. The Morgan fingerprint density at radius 3 is 1.44 bits per heavy atom. The van der Waals surface area contributed by atoms with Crippen LogP contribution in [0.4, 0.5) is 11.4 Å². The largest absolute Gasteiger partial charge is 0.467 e. The van der Waals surface area contributed by atoms with E-state index in [0.717, 1.165) is 32.9 Å². The zero-order chi connectivity index (χ0) is 25.3. The summed E-state index contributed by atoms with van der Waals surface area (Å²) in [5.41, 5.74) is 1.75. The Hall–Kier alpha value is -3.36. The molecule has 0 aliphatic heterocycles. The molecule has 0 fully saturated rings. The van der Waals surface area contributed by atoms with E-state index in [4.69, 9.17) is 9.47 Å². The highest BCUT2D eigenvalue weighted by Gasteiger charge is 2.23. The fourth-order valence-corrected chi connectivity index (χ4v) is 6.23. The second-order valence-electron chi connectivity index (χ2n) is 8.06. The summed E-state index contributed by atoms with van der Waals surface area (Å²) in [6, 6.07) is 26.9. The van der Waals surface area contributed by atoms with Gasteiger partial charge >= 0.3 is 11.9 Å². The first-order valence-electron chi connectivity index (χ1n) is 11.5. The Labute approximate surface area is 218 Å². The molecule has 0 heterocycles. The van der Waals surface area contributed by atoms with Crippen molar-refractivity contribution in [3.05, 3.63) is 84.9 Å². The molecule has 36 heavy (non-hydrogen) atoms. The molecule has 0 amide bonds. The monoisotopic (exact) mass is 520 g/mol. The van der Waals surface area contributed by atoms with Gasteiger partial charge in [-0.2, -0.15) is 0 Å². The lowest BCUT2D eigenvalue weighted by Crippen LogP contribution is -2.34. The first-order valence-corrected chi connectivity index (χ1v) is 14.0. The van der Waals surface area contributed by atoms with Gasteiger partial charge in [0, 0.05) is 33.7 Å². The van der Waals surface area contributed by atoms with Crippen LogP contribution in [0.3, 0.4) is 0 Å². The molecular weight excluding hydrogens is 492 g/mol. The van der Waals surface area contributed by atoms with Gasteiger partial charge in [0.05, 0.1) is 14.2 Å². The minimum atomic E-state index is -0.541. The third-order valence-corrected chi connectivity index (χ3v) is 8.18. The molecule has 4 aromatic carbocycles. The van der Waals surface area contributed by atoms with Crippen molar-refractivity contribution in [1.82, 2.24) is 0 Å². The van der Waals surface area contributed by atoms with Crippen molar-refractivity contribution < 1.29 is 19.1 Å². The zero-order valence-electron chi connectivity index (χ0n) is 20.1. The molecule has 0 unspecified atom stereocenters. The second kappa shape index (κ2) is 12.6. The molecule has 0 radical (unpaired) electrons. The van der Waals surface area contributed by atoms with Crippen LogP contribution in [0.5, 0.6) is 0 Å². The smallest absolute Gasteiger partial charge is 0.329 e. The number of hydrogen-bond donors (Lipinski definition) is 2. The van der Waals surface area contributed by atoms with Crippen LogP contribution >= 0.6 is 21.6 Å². The molecule has 0 aliphatic rings. The van der Waals surface area contributed by atoms with Crippen LogP contribution in [-0.4, -0.2) is 49.7 Å². The molecule has 4 rings (SSSR count). The third-order valence-electron chi connectivity index (χ3n) is 5.76. The summed E-state index contributed by atoms with van der Waals surface area (Å²) in [4.78, 5) is 25.0. The molecule has 0 aromatic heterocycles. The second-order valence-corrected chi connectivity index (χ2v) is 10.6. The van der Waals surface area contributed by atoms with Gasteiger partial charge in [0.1, 0.15) is 12.1 Å². The number of fused-ring (bicyclic) bond motifs is 2. The fraction of sp³-hybridized carbons (Fsp3) is 0.214. The van der Waals surface area contributed by atoms with Crippen LogP contribution in [0.25, 0.3) is 21.5 Å². The van der Waals surface area contributed by atoms with Gasteiger partial charge in [-0.25, -0.2) is 9.59 Å². The number of carbonyl (C=O) groups is 2. The molecule has 186 valence electrons. The maximum atomic E-state index is 12.5. The normalized spacial score (nSPS) is 12.6. The van der Waals surface area contributed by atoms with E-state index in [2.05, 4.69) is 10.6 Å². The van der Waals surface area contributed by atoms with Crippen molar-refractivity contribution in [1.29, 1.82) is 0 Å². The summed E-state index contributed by atoms with van der Waals surface area (Å²) in [5.74, 6) is 0.245. The highest BCUT2D eigenvalue weighted by Crippen LogP contribution is 2.29. The molecule has 0 saturated heterocycles. The van der Waals surface area contributed by atoms with Crippen LogP contribution in [0.2, 0.25) is 0 Å². The minimum Gasteiger partial charge on any atom is -0.467 e. The topological polar surface area (TPSA) is 76.7 Å². The van der Waals surface area contributed by atoms with Crippen molar-refractivity contribution in [3.8, 4) is 0 Å². The Bertz CT molecular complexity index is 1230. The Balaban J connectivity index is 1.40. The Morgan fingerprint density at radius 1 is 0.639 bits per heavy atom. The van der Waals surface area contributed by atoms with Crippen LogP contribution < -0.4 is 10.6 Å². The van der Waals surface area contributed by atoms with E-state index >= 15 is 0 Å². The standard InChI is InChI=1S/C28H28N2O4S2/c1-33-27(31)25(29-23-15-7-11-19-9-3-5-13-21(19)23)17-35-36-18-26(28(32)34-2)30-24-16-8-12-20-10-4-6-14-22(20)24/h3-16,25-26,29-30H,17-18H2,1-2H3/t25-,26-/m0/s1. The van der Waals surface area contributed by atoms with Crippen LogP contribution in [0, 0.1) is 0 Å². The van der Waals surface area contributed by atoms with Crippen LogP contribution in [0.1, 0.15) is 0 Å². The molecule has 6 nitrogen and oxygen atoms in total. The number of nitrogens with one attached hydrogen (secondary N) is 2. The van der Waals surface area contributed by atoms with Gasteiger partial charge < -0.3 is 20.1 Å². The summed E-state index contributed by atoms with van der Waals surface area (Å²) in [7, 11) is 5.79. The van der Waals surface area contributed by atoms with Gasteiger partial charge in [0.25, 0.3) is 0 Å². The number of anilines is 2. The molecule has 0 saturated carbocycles. The zero-order valence-corrected chi connectivity index (χ0v) is 21.7. The lowest BCUT2D eigenvalue weighted by molar-refractivity contribution is -0.141. The van der Waals surface area contributed by atoms with Gasteiger partial charge in [-0.1, -0.05) is 94.4 Å². The average Bonchev–Trinajstić information content (AvgIpc) is 2.93. The number of benzene rings is 4. The Kier molecular flexibility index (Phi) is 8.97. The van der Waals surface area contributed by atoms with E-state index in [-0.39, 0.29) is 11.9 Å². The van der Waals surface area contributed by atoms with Crippen molar-refractivity contribution in [2.75, 3.05) is 36.4 Å². The predicted molar refractivity (Wildman–Crippen MR) is 152 cm³/mol. The molecule has 4 aromatic rings. The number of carbonyl (C=O) groups excluding carboxylic acids is 2. The van der Waals surface area contributed by atoms with Crippen LogP contribution in [-0.2, 0) is 19.1 Å². The number of ether oxygens (including phenoxy) is 2. The molecular formula is C28H28N2O4S2. The minimum absolute atomic E-state index is 0.338. The highest BCUT2D eigenvalue weighted by molar-refractivity contribution is 8.76. The lowest BCUT2D eigenvalue weighted by atomic mass is 10.1. The highest BCUT2D eigenvalue weighted by atomic mass is 33.1. The molecule has 0 aliphatic carbocycles. The Morgan fingerprint density at radius 2 is 1.03 bits per heavy atom. The molecule has 0 bridgehead atoms. The van der Waals surface area contributed by atoms with Gasteiger partial charge in [0.15, 0.2) is 0 Å². The maximum absolute atomic E-state index is 12.5. The SMILES string of the molecule is COC(=O)[C@H](CSSC[C@H](Nc1cccc2ccccc12)C(=O)OC)Nc1cccc2ccccc12. The van der Waals surface area contributed by atoms with E-state index in [1.165, 1.54) is 35.8 Å². The van der Waals surface area contributed by atoms with Crippen molar-refractivity contribution >= 4 is 66.4 Å². The number of rotatable bonds is 11. The van der Waals surface area contributed by atoms with Crippen molar-refractivity contribution in [2.24, 2.45) is 0 Å². The fourth-order valence-electron chi connectivity index (χ4n) is 3.93. The first kappa shape index (κ1) is 25.7. The van der Waals surface area contributed by atoms with Crippen LogP contribution in [0.15, 0.2) is 84.9 Å². The molecule has 2 N–H and O–H groups in total.